The van der Waals surface area contributed by atoms with E-state index in [1.54, 1.807) is 11.1 Å². The van der Waals surface area contributed by atoms with Crippen LogP contribution in [-0.4, -0.2) is 58.6 Å². The van der Waals surface area contributed by atoms with Crippen LogP contribution in [0.5, 0.6) is 0 Å². The first-order valence-corrected chi connectivity index (χ1v) is 11.5. The van der Waals surface area contributed by atoms with Crippen LogP contribution in [0.25, 0.3) is 0 Å². The fourth-order valence-electron chi connectivity index (χ4n) is 4.39. The van der Waals surface area contributed by atoms with Crippen molar-refractivity contribution in [2.75, 3.05) is 19.6 Å². The lowest BCUT2D eigenvalue weighted by molar-refractivity contribution is -0.186. The van der Waals surface area contributed by atoms with Crippen LogP contribution >= 0.6 is 23.4 Å². The van der Waals surface area contributed by atoms with Gasteiger partial charge < -0.3 is 20.4 Å². The van der Waals surface area contributed by atoms with Crippen LogP contribution in [0, 0.1) is 5.92 Å². The Labute approximate surface area is 183 Å². The lowest BCUT2D eigenvalue weighted by Gasteiger charge is -2.41. The SMILES string of the molecule is CC1(NC(=O)N(CC2CCCCC2)C2CCN(C(=O)C(F)(F)F)CC2)NC=C(Cl)S1. The Balaban J connectivity index is 1.65. The molecule has 1 aliphatic carbocycles. The Kier molecular flexibility index (Phi) is 7.37. The first-order chi connectivity index (χ1) is 14.1. The molecule has 170 valence electrons. The maximum Gasteiger partial charge on any atom is 0.471 e. The number of hydrogen-bond donors (Lipinski definition) is 2. The van der Waals surface area contributed by atoms with E-state index in [9.17, 15) is 22.8 Å². The average molecular weight is 469 g/mol. The zero-order chi connectivity index (χ0) is 21.9. The monoisotopic (exact) mass is 468 g/mol. The molecule has 0 aromatic heterocycles. The van der Waals surface area contributed by atoms with Crippen molar-refractivity contribution in [3.05, 3.63) is 10.6 Å². The number of alkyl halides is 3. The van der Waals surface area contributed by atoms with E-state index in [1.165, 1.54) is 18.2 Å². The number of urea groups is 1. The van der Waals surface area contributed by atoms with Gasteiger partial charge in [-0.25, -0.2) is 4.79 Å². The molecule has 0 spiro atoms. The van der Waals surface area contributed by atoms with Gasteiger partial charge in [-0.05, 0) is 38.5 Å². The summed E-state index contributed by atoms with van der Waals surface area (Å²) in [6.07, 6.45) is 2.98. The summed E-state index contributed by atoms with van der Waals surface area (Å²) in [6, 6.07) is -0.467. The molecule has 30 heavy (non-hydrogen) atoms. The summed E-state index contributed by atoms with van der Waals surface area (Å²) in [5.74, 6) is -1.41. The zero-order valence-electron chi connectivity index (χ0n) is 16.9. The van der Waals surface area contributed by atoms with Crippen molar-refractivity contribution in [3.63, 3.8) is 0 Å². The van der Waals surface area contributed by atoms with Gasteiger partial charge in [0.1, 0.15) is 0 Å². The van der Waals surface area contributed by atoms with Crippen LogP contribution in [0.3, 0.4) is 0 Å². The third-order valence-corrected chi connectivity index (χ3v) is 7.27. The van der Waals surface area contributed by atoms with Crippen LogP contribution < -0.4 is 10.6 Å². The highest BCUT2D eigenvalue weighted by Crippen LogP contribution is 2.36. The molecule has 2 fully saturated rings. The van der Waals surface area contributed by atoms with Crippen LogP contribution in [0.4, 0.5) is 18.0 Å². The van der Waals surface area contributed by atoms with E-state index >= 15 is 0 Å². The molecule has 2 aliphatic heterocycles. The molecule has 1 atom stereocenters. The number of hydrogen-bond acceptors (Lipinski definition) is 4. The van der Waals surface area contributed by atoms with Gasteiger partial charge in [-0.1, -0.05) is 42.6 Å². The molecule has 11 heteroatoms. The second-order valence-corrected chi connectivity index (χ2v) is 10.4. The highest BCUT2D eigenvalue weighted by molar-refractivity contribution is 8.06. The molecule has 0 aromatic rings. The fourth-order valence-corrected chi connectivity index (χ4v) is 5.67. The summed E-state index contributed by atoms with van der Waals surface area (Å²) in [7, 11) is 0. The van der Waals surface area contributed by atoms with Gasteiger partial charge in [0.2, 0.25) is 0 Å². The molecule has 0 aromatic carbocycles. The first-order valence-electron chi connectivity index (χ1n) is 10.3. The predicted molar refractivity (Wildman–Crippen MR) is 111 cm³/mol. The zero-order valence-corrected chi connectivity index (χ0v) is 18.5. The Morgan fingerprint density at radius 1 is 1.27 bits per heavy atom. The summed E-state index contributed by atoms with van der Waals surface area (Å²) in [5, 5.41) is 6.02. The van der Waals surface area contributed by atoms with Gasteiger partial charge in [-0.15, -0.1) is 0 Å². The van der Waals surface area contributed by atoms with E-state index in [0.29, 0.717) is 29.7 Å². The summed E-state index contributed by atoms with van der Waals surface area (Å²) in [5.41, 5.74) is 0. The first kappa shape index (κ1) is 23.4. The van der Waals surface area contributed by atoms with Crippen LogP contribution in [0.15, 0.2) is 10.6 Å². The van der Waals surface area contributed by atoms with Crippen molar-refractivity contribution >= 4 is 35.3 Å². The third kappa shape index (κ3) is 5.90. The van der Waals surface area contributed by atoms with Crippen molar-refractivity contribution in [3.8, 4) is 0 Å². The Morgan fingerprint density at radius 3 is 2.43 bits per heavy atom. The normalized spacial score (nSPS) is 26.2. The number of carbonyl (C=O) groups is 2. The van der Waals surface area contributed by atoms with E-state index in [1.807, 2.05) is 6.92 Å². The number of amides is 3. The molecule has 2 heterocycles. The van der Waals surface area contributed by atoms with Crippen molar-refractivity contribution in [2.45, 2.75) is 69.1 Å². The molecule has 1 unspecified atom stereocenters. The molecule has 3 rings (SSSR count). The summed E-state index contributed by atoms with van der Waals surface area (Å²) < 4.78 is 38.7. The van der Waals surface area contributed by atoms with Gasteiger partial charge in [-0.3, -0.25) is 4.79 Å². The van der Waals surface area contributed by atoms with Gasteiger partial charge >= 0.3 is 18.1 Å². The minimum absolute atomic E-state index is 0.00485. The number of likely N-dealkylation sites (tertiary alicyclic amines) is 1. The average Bonchev–Trinajstić information content (AvgIpc) is 3.04. The van der Waals surface area contributed by atoms with E-state index in [2.05, 4.69) is 10.6 Å². The number of halogens is 4. The van der Waals surface area contributed by atoms with Gasteiger partial charge in [0, 0.05) is 31.9 Å². The van der Waals surface area contributed by atoms with Crippen molar-refractivity contribution in [2.24, 2.45) is 5.92 Å². The summed E-state index contributed by atoms with van der Waals surface area (Å²) >= 11 is 7.31. The van der Waals surface area contributed by atoms with Crippen molar-refractivity contribution < 1.29 is 22.8 Å². The number of piperidine rings is 1. The molecule has 0 radical (unpaired) electrons. The molecule has 1 saturated heterocycles. The fraction of sp³-hybridized carbons (Fsp3) is 0.789. The Bertz CT molecular complexity index is 679. The van der Waals surface area contributed by atoms with Gasteiger partial charge in [0.25, 0.3) is 0 Å². The minimum atomic E-state index is -4.86. The van der Waals surface area contributed by atoms with E-state index in [4.69, 9.17) is 11.6 Å². The van der Waals surface area contributed by atoms with Gasteiger partial charge in [-0.2, -0.15) is 13.2 Å². The lowest BCUT2D eigenvalue weighted by Crippen LogP contribution is -2.59. The van der Waals surface area contributed by atoms with Crippen molar-refractivity contribution in [1.82, 2.24) is 20.4 Å². The third-order valence-electron chi connectivity index (χ3n) is 5.98. The standard InChI is InChI=1S/C19H28ClF3N4O2S/c1-18(24-11-15(20)30-18)25-17(29)27(12-13-5-3-2-4-6-13)14-7-9-26(10-8-14)16(28)19(21,22)23/h11,13-14,24H,2-10,12H2,1H3,(H,25,29). The minimum Gasteiger partial charge on any atom is -0.358 e. The molecular weight excluding hydrogens is 441 g/mol. The number of thioether (sulfide) groups is 1. The molecular formula is C19H28ClF3N4O2S. The van der Waals surface area contributed by atoms with Gasteiger partial charge in [0.05, 0.1) is 4.36 Å². The molecule has 2 N–H and O–H groups in total. The molecule has 3 aliphatic rings. The largest absolute Gasteiger partial charge is 0.471 e. The van der Waals surface area contributed by atoms with E-state index < -0.39 is 17.1 Å². The highest BCUT2D eigenvalue weighted by Gasteiger charge is 2.44. The number of rotatable bonds is 4. The maximum atomic E-state index is 13.2. The van der Waals surface area contributed by atoms with Gasteiger partial charge in [0.15, 0.2) is 4.99 Å². The lowest BCUT2D eigenvalue weighted by atomic mass is 9.88. The number of nitrogens with one attached hydrogen (secondary N) is 2. The van der Waals surface area contributed by atoms with Crippen molar-refractivity contribution in [1.29, 1.82) is 0 Å². The van der Waals surface area contributed by atoms with Crippen LogP contribution in [-0.2, 0) is 4.79 Å². The second-order valence-electron chi connectivity index (χ2n) is 8.34. The van der Waals surface area contributed by atoms with Crippen LogP contribution in [0.1, 0.15) is 51.9 Å². The molecule has 3 amide bonds. The maximum absolute atomic E-state index is 13.2. The molecule has 0 bridgehead atoms. The molecule has 1 saturated carbocycles. The summed E-state index contributed by atoms with van der Waals surface area (Å²) in [6.45, 7) is 2.38. The smallest absolute Gasteiger partial charge is 0.358 e. The van der Waals surface area contributed by atoms with Crippen LogP contribution in [0.2, 0.25) is 0 Å². The number of nitrogens with zero attached hydrogens (tertiary/aromatic N) is 2. The number of carbonyl (C=O) groups excluding carboxylic acids is 2. The summed E-state index contributed by atoms with van der Waals surface area (Å²) in [4.78, 5) is 26.6. The van der Waals surface area contributed by atoms with E-state index in [-0.39, 0.29) is 25.2 Å². The van der Waals surface area contributed by atoms with E-state index in [0.717, 1.165) is 30.6 Å². The quantitative estimate of drug-likeness (QED) is 0.649. The predicted octanol–water partition coefficient (Wildman–Crippen LogP) is 4.18. The Morgan fingerprint density at radius 2 is 1.90 bits per heavy atom. The topological polar surface area (TPSA) is 64.7 Å². The molecule has 6 nitrogen and oxygen atoms in total. The Hall–Kier alpha value is -1.29. The second kappa shape index (κ2) is 9.46. The highest BCUT2D eigenvalue weighted by atomic mass is 35.5.